The van der Waals surface area contributed by atoms with Crippen LogP contribution in [-0.4, -0.2) is 25.0 Å². The SMILES string of the molecule is O=C(NCCNC1CCCCCC1)c1c(F)cccc1Cl. The van der Waals surface area contributed by atoms with E-state index in [1.165, 1.54) is 56.7 Å². The molecule has 0 aliphatic heterocycles. The van der Waals surface area contributed by atoms with Gasteiger partial charge in [-0.1, -0.05) is 43.4 Å². The second kappa shape index (κ2) is 8.35. The largest absolute Gasteiger partial charge is 0.351 e. The quantitative estimate of drug-likeness (QED) is 0.645. The number of hydrogen-bond acceptors (Lipinski definition) is 2. The highest BCUT2D eigenvalue weighted by molar-refractivity contribution is 6.33. The molecule has 1 saturated carbocycles. The molecule has 1 fully saturated rings. The van der Waals surface area contributed by atoms with Crippen molar-refractivity contribution in [2.75, 3.05) is 13.1 Å². The highest BCUT2D eigenvalue weighted by atomic mass is 35.5. The number of carbonyl (C=O) groups is 1. The van der Waals surface area contributed by atoms with Gasteiger partial charge in [0, 0.05) is 19.1 Å². The van der Waals surface area contributed by atoms with E-state index in [0.29, 0.717) is 19.1 Å². The molecular weight excluding hydrogens is 291 g/mol. The Morgan fingerprint density at radius 2 is 1.90 bits per heavy atom. The monoisotopic (exact) mass is 312 g/mol. The lowest BCUT2D eigenvalue weighted by molar-refractivity contribution is 0.0949. The molecular formula is C16H22ClFN2O. The number of carbonyl (C=O) groups excluding carboxylic acids is 1. The van der Waals surface area contributed by atoms with E-state index < -0.39 is 11.7 Å². The van der Waals surface area contributed by atoms with Crippen molar-refractivity contribution in [3.63, 3.8) is 0 Å². The van der Waals surface area contributed by atoms with Gasteiger partial charge in [0.2, 0.25) is 0 Å². The van der Waals surface area contributed by atoms with Gasteiger partial charge < -0.3 is 10.6 Å². The molecule has 2 rings (SSSR count). The number of rotatable bonds is 5. The molecule has 0 bridgehead atoms. The van der Waals surface area contributed by atoms with Crippen molar-refractivity contribution in [2.24, 2.45) is 0 Å². The summed E-state index contributed by atoms with van der Waals surface area (Å²) in [5, 5.41) is 6.31. The van der Waals surface area contributed by atoms with Crippen molar-refractivity contribution in [1.29, 1.82) is 0 Å². The highest BCUT2D eigenvalue weighted by Gasteiger charge is 2.15. The van der Waals surface area contributed by atoms with Crippen LogP contribution in [0.25, 0.3) is 0 Å². The van der Waals surface area contributed by atoms with E-state index in [9.17, 15) is 9.18 Å². The first kappa shape index (κ1) is 16.2. The smallest absolute Gasteiger partial charge is 0.255 e. The van der Waals surface area contributed by atoms with Crippen molar-refractivity contribution in [2.45, 2.75) is 44.6 Å². The van der Waals surface area contributed by atoms with E-state index in [1.807, 2.05) is 0 Å². The van der Waals surface area contributed by atoms with Gasteiger partial charge in [0.1, 0.15) is 5.82 Å². The van der Waals surface area contributed by atoms with Crippen LogP contribution in [0.4, 0.5) is 4.39 Å². The van der Waals surface area contributed by atoms with Crippen LogP contribution in [0.1, 0.15) is 48.9 Å². The fourth-order valence-corrected chi connectivity index (χ4v) is 2.99. The average molecular weight is 313 g/mol. The number of amides is 1. The van der Waals surface area contributed by atoms with E-state index in [-0.39, 0.29) is 10.6 Å². The highest BCUT2D eigenvalue weighted by Crippen LogP contribution is 2.19. The van der Waals surface area contributed by atoms with Gasteiger partial charge in [-0.05, 0) is 25.0 Å². The van der Waals surface area contributed by atoms with Crippen molar-refractivity contribution in [3.05, 3.63) is 34.6 Å². The summed E-state index contributed by atoms with van der Waals surface area (Å²) in [7, 11) is 0. The molecule has 3 nitrogen and oxygen atoms in total. The first-order valence-corrected chi connectivity index (χ1v) is 8.02. The summed E-state index contributed by atoms with van der Waals surface area (Å²) in [6, 6.07) is 4.79. The van der Waals surface area contributed by atoms with Crippen molar-refractivity contribution < 1.29 is 9.18 Å². The first-order chi connectivity index (χ1) is 10.2. The molecule has 0 saturated heterocycles. The van der Waals surface area contributed by atoms with Crippen LogP contribution in [0.2, 0.25) is 5.02 Å². The zero-order valence-electron chi connectivity index (χ0n) is 12.1. The second-order valence-electron chi connectivity index (χ2n) is 5.50. The molecule has 1 aromatic carbocycles. The number of benzene rings is 1. The summed E-state index contributed by atoms with van der Waals surface area (Å²) in [4.78, 5) is 11.9. The Morgan fingerprint density at radius 1 is 1.19 bits per heavy atom. The van der Waals surface area contributed by atoms with Gasteiger partial charge in [-0.15, -0.1) is 0 Å². The Balaban J connectivity index is 1.74. The van der Waals surface area contributed by atoms with Crippen LogP contribution < -0.4 is 10.6 Å². The maximum Gasteiger partial charge on any atom is 0.255 e. The lowest BCUT2D eigenvalue weighted by Crippen LogP contribution is -2.37. The Hall–Kier alpha value is -1.13. The van der Waals surface area contributed by atoms with Gasteiger partial charge in [-0.2, -0.15) is 0 Å². The van der Waals surface area contributed by atoms with E-state index >= 15 is 0 Å². The van der Waals surface area contributed by atoms with Gasteiger partial charge in [-0.25, -0.2) is 4.39 Å². The van der Waals surface area contributed by atoms with Crippen molar-refractivity contribution in [1.82, 2.24) is 10.6 Å². The summed E-state index contributed by atoms with van der Waals surface area (Å²) in [6.45, 7) is 1.17. The Morgan fingerprint density at radius 3 is 2.57 bits per heavy atom. The molecule has 1 aliphatic rings. The maximum absolute atomic E-state index is 13.6. The van der Waals surface area contributed by atoms with Crippen LogP contribution in [0.3, 0.4) is 0 Å². The number of halogens is 2. The fraction of sp³-hybridized carbons (Fsp3) is 0.562. The molecule has 116 valence electrons. The average Bonchev–Trinajstić information content (AvgIpc) is 2.72. The third-order valence-corrected chi connectivity index (χ3v) is 4.20. The molecule has 1 aromatic rings. The Bertz CT molecular complexity index is 453. The van der Waals surface area contributed by atoms with Gasteiger partial charge in [0.05, 0.1) is 10.6 Å². The molecule has 0 atom stereocenters. The summed E-state index contributed by atoms with van der Waals surface area (Å²) < 4.78 is 13.6. The number of hydrogen-bond donors (Lipinski definition) is 2. The topological polar surface area (TPSA) is 41.1 Å². The normalized spacial score (nSPS) is 16.5. The van der Waals surface area contributed by atoms with Crippen molar-refractivity contribution >= 4 is 17.5 Å². The second-order valence-corrected chi connectivity index (χ2v) is 5.90. The molecule has 21 heavy (non-hydrogen) atoms. The summed E-state index contributed by atoms with van der Waals surface area (Å²) in [5.74, 6) is -1.04. The van der Waals surface area contributed by atoms with Crippen LogP contribution in [-0.2, 0) is 0 Å². The fourth-order valence-electron chi connectivity index (χ4n) is 2.74. The molecule has 1 aliphatic carbocycles. The van der Waals surface area contributed by atoms with Gasteiger partial charge in [-0.3, -0.25) is 4.79 Å². The minimum absolute atomic E-state index is 0.0753. The predicted molar refractivity (Wildman–Crippen MR) is 83.2 cm³/mol. The first-order valence-electron chi connectivity index (χ1n) is 7.64. The van der Waals surface area contributed by atoms with Crippen LogP contribution >= 0.6 is 11.6 Å². The standard InChI is InChI=1S/C16H22ClFN2O/c17-13-8-5-9-14(18)15(13)16(21)20-11-10-19-12-6-3-1-2-4-7-12/h5,8-9,12,19H,1-4,6-7,10-11H2,(H,20,21). The van der Waals surface area contributed by atoms with Gasteiger partial charge >= 0.3 is 0 Å². The molecule has 0 unspecified atom stereocenters. The molecule has 5 heteroatoms. The minimum atomic E-state index is -0.586. The molecule has 0 radical (unpaired) electrons. The Kier molecular flexibility index (Phi) is 6.46. The lowest BCUT2D eigenvalue weighted by Gasteiger charge is -2.16. The van der Waals surface area contributed by atoms with E-state index in [4.69, 9.17) is 11.6 Å². The maximum atomic E-state index is 13.6. The third-order valence-electron chi connectivity index (χ3n) is 3.89. The van der Waals surface area contributed by atoms with Gasteiger partial charge in [0.25, 0.3) is 5.91 Å². The van der Waals surface area contributed by atoms with Crippen LogP contribution in [0, 0.1) is 5.82 Å². The molecule has 0 aromatic heterocycles. The van der Waals surface area contributed by atoms with Crippen molar-refractivity contribution in [3.8, 4) is 0 Å². The predicted octanol–water partition coefficient (Wildman–Crippen LogP) is 3.52. The lowest BCUT2D eigenvalue weighted by atomic mass is 10.1. The summed E-state index contributed by atoms with van der Waals surface area (Å²) in [5.41, 5.74) is -0.0753. The zero-order chi connectivity index (χ0) is 15.1. The van der Waals surface area contributed by atoms with Crippen LogP contribution in [0.15, 0.2) is 18.2 Å². The summed E-state index contributed by atoms with van der Waals surface area (Å²) in [6.07, 6.45) is 7.59. The molecule has 1 amide bonds. The number of nitrogens with one attached hydrogen (secondary N) is 2. The van der Waals surface area contributed by atoms with E-state index in [1.54, 1.807) is 0 Å². The van der Waals surface area contributed by atoms with E-state index in [0.717, 1.165) is 0 Å². The third kappa shape index (κ3) is 4.97. The molecule has 2 N–H and O–H groups in total. The zero-order valence-corrected chi connectivity index (χ0v) is 12.9. The van der Waals surface area contributed by atoms with Gasteiger partial charge in [0.15, 0.2) is 0 Å². The molecule has 0 spiro atoms. The molecule has 0 heterocycles. The minimum Gasteiger partial charge on any atom is -0.351 e. The Labute approximate surface area is 130 Å². The van der Waals surface area contributed by atoms with Crippen LogP contribution in [0.5, 0.6) is 0 Å². The van der Waals surface area contributed by atoms with E-state index in [2.05, 4.69) is 10.6 Å². The summed E-state index contributed by atoms with van der Waals surface area (Å²) >= 11 is 5.86.